The third kappa shape index (κ3) is 6.46. The van der Waals surface area contributed by atoms with Crippen LogP contribution in [0.15, 0.2) is 30.3 Å². The van der Waals surface area contributed by atoms with Gasteiger partial charge in [-0.2, -0.15) is 0 Å². The highest BCUT2D eigenvalue weighted by Gasteiger charge is 2.32. The Morgan fingerprint density at radius 2 is 1.84 bits per heavy atom. The molecule has 2 N–H and O–H groups in total. The lowest BCUT2D eigenvalue weighted by Crippen LogP contribution is -2.13. The van der Waals surface area contributed by atoms with Crippen LogP contribution >= 0.6 is 0 Å². The molecule has 0 aromatic heterocycles. The zero-order valence-corrected chi connectivity index (χ0v) is 14.7. The van der Waals surface area contributed by atoms with E-state index in [4.69, 9.17) is 10.2 Å². The summed E-state index contributed by atoms with van der Waals surface area (Å²) in [6.45, 7) is 0.0513. The summed E-state index contributed by atoms with van der Waals surface area (Å²) in [4.78, 5) is 22.6. The number of carbonyl (C=O) groups is 2. The van der Waals surface area contributed by atoms with Crippen LogP contribution in [0.4, 0.5) is 0 Å². The Morgan fingerprint density at radius 1 is 1.12 bits per heavy atom. The second-order valence-corrected chi connectivity index (χ2v) is 6.88. The second-order valence-electron chi connectivity index (χ2n) is 6.88. The topological polar surface area (TPSA) is 74.6 Å². The molecule has 0 spiro atoms. The second kappa shape index (κ2) is 10.1. The number of hydrogen-bond donors (Lipinski definition) is 2. The largest absolute Gasteiger partial charge is 0.481 e. The van der Waals surface area contributed by atoms with Crippen LogP contribution in [0.2, 0.25) is 0 Å². The van der Waals surface area contributed by atoms with Gasteiger partial charge in [-0.05, 0) is 36.3 Å². The van der Waals surface area contributed by atoms with Crippen LogP contribution < -0.4 is 0 Å². The first kappa shape index (κ1) is 19.4. The highest BCUT2D eigenvalue weighted by molar-refractivity contribution is 5.83. The smallest absolute Gasteiger partial charge is 0.303 e. The number of carboxylic acids is 1. The fourth-order valence-corrected chi connectivity index (χ4v) is 3.50. The summed E-state index contributed by atoms with van der Waals surface area (Å²) in [6, 6.07) is 7.79. The third-order valence-electron chi connectivity index (χ3n) is 5.01. The Balaban J connectivity index is 1.79. The molecule has 4 heteroatoms. The molecule has 1 saturated carbocycles. The molecule has 25 heavy (non-hydrogen) atoms. The average molecular weight is 344 g/mol. The number of unbranched alkanes of at least 4 members (excludes halogenated alkanes) is 3. The summed E-state index contributed by atoms with van der Waals surface area (Å²) in [7, 11) is 0. The monoisotopic (exact) mass is 344 g/mol. The molecule has 4 nitrogen and oxygen atoms in total. The summed E-state index contributed by atoms with van der Waals surface area (Å²) in [5.74, 6) is 0.0653. The van der Waals surface area contributed by atoms with Crippen molar-refractivity contribution >= 4 is 17.8 Å². The Bertz CT molecular complexity index is 588. The van der Waals surface area contributed by atoms with Crippen molar-refractivity contribution in [3.8, 4) is 0 Å². The van der Waals surface area contributed by atoms with Crippen LogP contribution in [0.1, 0.15) is 62.5 Å². The number of carboxylic acid groups (broad SMARTS) is 1. The van der Waals surface area contributed by atoms with Gasteiger partial charge in [-0.15, -0.1) is 0 Å². The first-order valence-corrected chi connectivity index (χ1v) is 9.22. The Morgan fingerprint density at radius 3 is 2.52 bits per heavy atom. The van der Waals surface area contributed by atoms with Crippen molar-refractivity contribution in [3.05, 3.63) is 41.5 Å². The van der Waals surface area contributed by atoms with Gasteiger partial charge in [0, 0.05) is 18.8 Å². The van der Waals surface area contributed by atoms with Gasteiger partial charge >= 0.3 is 5.97 Å². The molecule has 0 amide bonds. The highest BCUT2D eigenvalue weighted by atomic mass is 16.4. The molecule has 1 aromatic rings. The van der Waals surface area contributed by atoms with Crippen molar-refractivity contribution in [2.45, 2.75) is 58.0 Å². The van der Waals surface area contributed by atoms with E-state index >= 15 is 0 Å². The molecule has 0 saturated heterocycles. The molecule has 0 radical (unpaired) electrons. The van der Waals surface area contributed by atoms with Gasteiger partial charge < -0.3 is 10.2 Å². The van der Waals surface area contributed by atoms with Crippen LogP contribution in [-0.2, 0) is 16.2 Å². The molecule has 1 aliphatic carbocycles. The minimum atomic E-state index is -0.733. The number of aliphatic carboxylic acids is 1. The van der Waals surface area contributed by atoms with E-state index < -0.39 is 5.97 Å². The maximum atomic E-state index is 12.1. The van der Waals surface area contributed by atoms with Crippen molar-refractivity contribution in [1.29, 1.82) is 0 Å². The number of rotatable bonds is 10. The van der Waals surface area contributed by atoms with Crippen molar-refractivity contribution in [3.63, 3.8) is 0 Å². The van der Waals surface area contributed by atoms with E-state index in [1.807, 2.05) is 24.3 Å². The van der Waals surface area contributed by atoms with Gasteiger partial charge in [-0.3, -0.25) is 9.59 Å². The Labute approximate surface area is 149 Å². The van der Waals surface area contributed by atoms with Gasteiger partial charge in [0.05, 0.1) is 6.61 Å². The summed E-state index contributed by atoms with van der Waals surface area (Å²) in [6.07, 6.45) is 10.6. The lowest BCUT2D eigenvalue weighted by atomic mass is 9.89. The molecular weight excluding hydrogens is 316 g/mol. The zero-order valence-electron chi connectivity index (χ0n) is 14.7. The maximum Gasteiger partial charge on any atom is 0.303 e. The summed E-state index contributed by atoms with van der Waals surface area (Å²) in [5.41, 5.74) is 1.98. The van der Waals surface area contributed by atoms with Gasteiger partial charge in [0.2, 0.25) is 0 Å². The van der Waals surface area contributed by atoms with Gasteiger partial charge in [0.15, 0.2) is 0 Å². The summed E-state index contributed by atoms with van der Waals surface area (Å²) in [5, 5.41) is 17.7. The van der Waals surface area contributed by atoms with E-state index in [0.717, 1.165) is 49.7 Å². The van der Waals surface area contributed by atoms with Crippen LogP contribution in [0, 0.1) is 11.8 Å². The lowest BCUT2D eigenvalue weighted by molar-refractivity contribution is -0.137. The third-order valence-corrected chi connectivity index (χ3v) is 5.01. The zero-order chi connectivity index (χ0) is 18.1. The van der Waals surface area contributed by atoms with Crippen molar-refractivity contribution in [2.75, 3.05) is 0 Å². The first-order chi connectivity index (χ1) is 12.1. The quantitative estimate of drug-likeness (QED) is 0.623. The van der Waals surface area contributed by atoms with E-state index in [1.54, 1.807) is 0 Å². The fraction of sp³-hybridized carbons (Fsp3) is 0.524. The van der Waals surface area contributed by atoms with E-state index in [9.17, 15) is 9.59 Å². The van der Waals surface area contributed by atoms with E-state index in [2.05, 4.69) is 12.2 Å². The minimum absolute atomic E-state index is 0.0513. The molecule has 1 aliphatic rings. The van der Waals surface area contributed by atoms with Crippen LogP contribution in [0.25, 0.3) is 6.08 Å². The predicted octanol–water partition coefficient (Wildman–Crippen LogP) is 4.21. The number of aliphatic hydroxyl groups excluding tert-OH is 1. The van der Waals surface area contributed by atoms with Crippen molar-refractivity contribution < 1.29 is 19.8 Å². The molecule has 0 heterocycles. The number of benzene rings is 1. The van der Waals surface area contributed by atoms with Gasteiger partial charge in [-0.25, -0.2) is 0 Å². The number of aliphatic hydroxyl groups is 1. The van der Waals surface area contributed by atoms with Crippen LogP contribution in [0.3, 0.4) is 0 Å². The molecule has 2 atom stereocenters. The molecule has 0 aliphatic heterocycles. The number of ketones is 1. The Kier molecular flexibility index (Phi) is 7.86. The molecule has 2 rings (SSSR count). The van der Waals surface area contributed by atoms with Gasteiger partial charge in [0.1, 0.15) is 5.78 Å². The summed E-state index contributed by atoms with van der Waals surface area (Å²) >= 11 is 0. The Hall–Kier alpha value is -1.94. The van der Waals surface area contributed by atoms with E-state index in [-0.39, 0.29) is 18.9 Å². The van der Waals surface area contributed by atoms with Crippen molar-refractivity contribution in [2.24, 2.45) is 11.8 Å². The molecule has 1 fully saturated rings. The summed E-state index contributed by atoms with van der Waals surface area (Å²) < 4.78 is 0. The van der Waals surface area contributed by atoms with Gasteiger partial charge in [-0.1, -0.05) is 55.7 Å². The number of allylic oxidation sites excluding steroid dienone is 1. The van der Waals surface area contributed by atoms with Crippen LogP contribution in [-0.4, -0.2) is 22.0 Å². The highest BCUT2D eigenvalue weighted by Crippen LogP contribution is 2.34. The first-order valence-electron chi connectivity index (χ1n) is 9.22. The number of carbonyl (C=O) groups excluding carboxylic acids is 1. The van der Waals surface area contributed by atoms with Gasteiger partial charge in [0.25, 0.3) is 0 Å². The molecular formula is C21H28O4. The van der Waals surface area contributed by atoms with Crippen molar-refractivity contribution in [1.82, 2.24) is 0 Å². The molecule has 0 bridgehead atoms. The predicted molar refractivity (Wildman–Crippen MR) is 98.0 cm³/mol. The van der Waals surface area contributed by atoms with E-state index in [1.165, 1.54) is 0 Å². The van der Waals surface area contributed by atoms with Crippen LogP contribution in [0.5, 0.6) is 0 Å². The molecule has 136 valence electrons. The standard InChI is InChI=1S/C21H28O4/c22-15-17-9-7-16(8-10-17)11-12-18-13-14-20(23)19(18)5-3-1-2-4-6-21(24)25/h7-12,18-19,22H,1-6,13-15H2,(H,24,25). The molecule has 2 unspecified atom stereocenters. The maximum absolute atomic E-state index is 12.1. The van der Waals surface area contributed by atoms with E-state index in [0.29, 0.717) is 18.1 Å². The average Bonchev–Trinajstić information content (AvgIpc) is 2.96. The SMILES string of the molecule is O=C(O)CCCCCCC1C(=O)CCC1C=Cc1ccc(CO)cc1. The normalized spacial score (nSPS) is 20.4. The number of Topliss-reactive ketones (excluding diaryl/α,β-unsaturated/α-hetero) is 1. The fourth-order valence-electron chi connectivity index (χ4n) is 3.50. The number of hydrogen-bond acceptors (Lipinski definition) is 3. The lowest BCUT2D eigenvalue weighted by Gasteiger charge is -2.14. The molecule has 1 aromatic carbocycles. The minimum Gasteiger partial charge on any atom is -0.481 e.